The van der Waals surface area contributed by atoms with E-state index in [0.29, 0.717) is 17.7 Å². The van der Waals surface area contributed by atoms with Crippen LogP contribution in [-0.4, -0.2) is 24.7 Å². The molecule has 1 unspecified atom stereocenters. The summed E-state index contributed by atoms with van der Waals surface area (Å²) in [6.45, 7) is 0.917. The van der Waals surface area contributed by atoms with E-state index in [1.165, 1.54) is 0 Å². The number of para-hydroxylation sites is 1. The van der Waals surface area contributed by atoms with Crippen LogP contribution in [0.4, 0.5) is 18.9 Å². The van der Waals surface area contributed by atoms with E-state index in [4.69, 9.17) is 0 Å². The van der Waals surface area contributed by atoms with Crippen LogP contribution in [0.2, 0.25) is 0 Å². The van der Waals surface area contributed by atoms with Crippen molar-refractivity contribution < 1.29 is 18.0 Å². The number of halogens is 3. The van der Waals surface area contributed by atoms with Gasteiger partial charge in [-0.25, -0.2) is 0 Å². The lowest BCUT2D eigenvalue weighted by atomic mass is 10.1. The van der Waals surface area contributed by atoms with Crippen molar-refractivity contribution in [3.8, 4) is 0 Å². The SMILES string of the molecule is O=C(CC1CCCN1)Nc1ccccc1CCC(F)(F)F. The molecule has 6 heteroatoms. The van der Waals surface area contributed by atoms with Crippen LogP contribution in [0.5, 0.6) is 0 Å². The monoisotopic (exact) mass is 300 g/mol. The lowest BCUT2D eigenvalue weighted by Gasteiger charge is -2.14. The lowest BCUT2D eigenvalue weighted by Crippen LogP contribution is -2.27. The van der Waals surface area contributed by atoms with Gasteiger partial charge >= 0.3 is 6.18 Å². The van der Waals surface area contributed by atoms with E-state index >= 15 is 0 Å². The number of anilines is 1. The minimum atomic E-state index is -4.19. The molecule has 1 atom stereocenters. The highest BCUT2D eigenvalue weighted by atomic mass is 19.4. The molecular weight excluding hydrogens is 281 g/mol. The molecule has 3 nitrogen and oxygen atoms in total. The lowest BCUT2D eigenvalue weighted by molar-refractivity contribution is -0.133. The van der Waals surface area contributed by atoms with Crippen LogP contribution < -0.4 is 10.6 Å². The van der Waals surface area contributed by atoms with E-state index in [1.807, 2.05) is 0 Å². The molecule has 2 N–H and O–H groups in total. The molecule has 21 heavy (non-hydrogen) atoms. The van der Waals surface area contributed by atoms with Crippen molar-refractivity contribution in [2.75, 3.05) is 11.9 Å². The molecule has 0 radical (unpaired) electrons. The van der Waals surface area contributed by atoms with Crippen LogP contribution in [0.1, 0.15) is 31.2 Å². The summed E-state index contributed by atoms with van der Waals surface area (Å²) < 4.78 is 36.9. The Labute approximate surface area is 121 Å². The molecule has 0 spiro atoms. The average molecular weight is 300 g/mol. The third kappa shape index (κ3) is 5.38. The van der Waals surface area contributed by atoms with E-state index < -0.39 is 12.6 Å². The minimum Gasteiger partial charge on any atom is -0.326 e. The van der Waals surface area contributed by atoms with Gasteiger partial charge in [-0.2, -0.15) is 13.2 Å². The first-order valence-corrected chi connectivity index (χ1v) is 7.12. The molecule has 2 rings (SSSR count). The molecule has 1 aromatic carbocycles. The Bertz CT molecular complexity index is 482. The third-order valence-electron chi connectivity index (χ3n) is 3.56. The first-order valence-electron chi connectivity index (χ1n) is 7.12. The molecule has 116 valence electrons. The van der Waals surface area contributed by atoms with Gasteiger partial charge in [0.1, 0.15) is 0 Å². The highest BCUT2D eigenvalue weighted by Crippen LogP contribution is 2.25. The fourth-order valence-electron chi connectivity index (χ4n) is 2.49. The number of benzene rings is 1. The van der Waals surface area contributed by atoms with E-state index in [2.05, 4.69) is 10.6 Å². The van der Waals surface area contributed by atoms with Crippen LogP contribution in [0.3, 0.4) is 0 Å². The quantitative estimate of drug-likeness (QED) is 0.876. The highest BCUT2D eigenvalue weighted by molar-refractivity contribution is 5.91. The van der Waals surface area contributed by atoms with Gasteiger partial charge in [0.05, 0.1) is 0 Å². The maximum Gasteiger partial charge on any atom is 0.389 e. The Morgan fingerprint density at radius 2 is 2.10 bits per heavy atom. The summed E-state index contributed by atoms with van der Waals surface area (Å²) in [5.74, 6) is -0.158. The van der Waals surface area contributed by atoms with Crippen molar-refractivity contribution in [1.29, 1.82) is 0 Å². The standard InChI is InChI=1S/C15H19F3N2O/c16-15(17,18)8-7-11-4-1-2-6-13(11)20-14(21)10-12-5-3-9-19-12/h1-2,4,6,12,19H,3,5,7-10H2,(H,20,21). The molecular formula is C15H19F3N2O. The first kappa shape index (κ1) is 15.8. The fourth-order valence-corrected chi connectivity index (χ4v) is 2.49. The summed E-state index contributed by atoms with van der Waals surface area (Å²) >= 11 is 0. The molecule has 0 aromatic heterocycles. The maximum atomic E-state index is 12.3. The third-order valence-corrected chi connectivity index (χ3v) is 3.56. The summed E-state index contributed by atoms with van der Waals surface area (Å²) in [6.07, 6.45) is -2.83. The van der Waals surface area contributed by atoms with Gasteiger partial charge in [0, 0.05) is 24.6 Å². The van der Waals surface area contributed by atoms with Gasteiger partial charge in [-0.15, -0.1) is 0 Å². The number of nitrogens with one attached hydrogen (secondary N) is 2. The van der Waals surface area contributed by atoms with Crippen molar-refractivity contribution in [2.24, 2.45) is 0 Å². The normalized spacial score (nSPS) is 18.7. The first-order chi connectivity index (χ1) is 9.94. The van der Waals surface area contributed by atoms with Gasteiger partial charge in [-0.05, 0) is 37.4 Å². The van der Waals surface area contributed by atoms with E-state index in [-0.39, 0.29) is 18.4 Å². The van der Waals surface area contributed by atoms with E-state index in [1.54, 1.807) is 24.3 Å². The molecule has 1 aliphatic heterocycles. The molecule has 1 aliphatic rings. The predicted octanol–water partition coefficient (Wildman–Crippen LogP) is 3.26. The zero-order chi connectivity index (χ0) is 15.3. The Kier molecular flexibility index (Phi) is 5.22. The number of rotatable bonds is 5. The zero-order valence-electron chi connectivity index (χ0n) is 11.7. The van der Waals surface area contributed by atoms with Gasteiger partial charge in [-0.1, -0.05) is 18.2 Å². The fraction of sp³-hybridized carbons (Fsp3) is 0.533. The number of alkyl halides is 3. The second-order valence-electron chi connectivity index (χ2n) is 5.32. The molecule has 1 amide bonds. The molecule has 0 saturated carbocycles. The summed E-state index contributed by atoms with van der Waals surface area (Å²) in [4.78, 5) is 11.9. The predicted molar refractivity (Wildman–Crippen MR) is 75.1 cm³/mol. The topological polar surface area (TPSA) is 41.1 Å². The molecule has 1 fully saturated rings. The van der Waals surface area contributed by atoms with Gasteiger partial charge in [0.2, 0.25) is 5.91 Å². The number of carbonyl (C=O) groups is 1. The zero-order valence-corrected chi connectivity index (χ0v) is 11.7. The second kappa shape index (κ2) is 6.93. The second-order valence-corrected chi connectivity index (χ2v) is 5.32. The Balaban J connectivity index is 1.93. The molecule has 0 aliphatic carbocycles. The van der Waals surface area contributed by atoms with Crippen LogP contribution in [0.25, 0.3) is 0 Å². The van der Waals surface area contributed by atoms with Crippen molar-refractivity contribution in [3.05, 3.63) is 29.8 Å². The number of amides is 1. The van der Waals surface area contributed by atoms with Crippen molar-refractivity contribution in [1.82, 2.24) is 5.32 Å². The summed E-state index contributed by atoms with van der Waals surface area (Å²) in [6, 6.07) is 6.83. The Morgan fingerprint density at radius 3 is 2.76 bits per heavy atom. The van der Waals surface area contributed by atoms with Gasteiger partial charge < -0.3 is 10.6 Å². The van der Waals surface area contributed by atoms with Crippen LogP contribution >= 0.6 is 0 Å². The van der Waals surface area contributed by atoms with Gasteiger partial charge in [0.15, 0.2) is 0 Å². The Hall–Kier alpha value is -1.56. The number of carbonyl (C=O) groups excluding carboxylic acids is 1. The van der Waals surface area contributed by atoms with Crippen molar-refractivity contribution in [2.45, 2.75) is 44.3 Å². The summed E-state index contributed by atoms with van der Waals surface area (Å²) in [5, 5.41) is 5.95. The van der Waals surface area contributed by atoms with E-state index in [0.717, 1.165) is 19.4 Å². The van der Waals surface area contributed by atoms with Gasteiger partial charge in [0.25, 0.3) is 0 Å². The molecule has 0 bridgehead atoms. The molecule has 1 saturated heterocycles. The van der Waals surface area contributed by atoms with Gasteiger partial charge in [-0.3, -0.25) is 4.79 Å². The van der Waals surface area contributed by atoms with Crippen LogP contribution in [-0.2, 0) is 11.2 Å². The molecule has 1 aromatic rings. The number of aryl methyl sites for hydroxylation is 1. The van der Waals surface area contributed by atoms with Crippen LogP contribution in [0, 0.1) is 0 Å². The number of hydrogen-bond donors (Lipinski definition) is 2. The molecule has 1 heterocycles. The average Bonchev–Trinajstić information content (AvgIpc) is 2.89. The Morgan fingerprint density at radius 1 is 1.33 bits per heavy atom. The smallest absolute Gasteiger partial charge is 0.326 e. The highest BCUT2D eigenvalue weighted by Gasteiger charge is 2.27. The summed E-state index contributed by atoms with van der Waals surface area (Å²) in [7, 11) is 0. The minimum absolute atomic E-state index is 0.123. The van der Waals surface area contributed by atoms with Crippen molar-refractivity contribution in [3.63, 3.8) is 0 Å². The van der Waals surface area contributed by atoms with Crippen molar-refractivity contribution >= 4 is 11.6 Å². The summed E-state index contributed by atoms with van der Waals surface area (Å²) in [5.41, 5.74) is 0.993. The van der Waals surface area contributed by atoms with E-state index in [9.17, 15) is 18.0 Å². The largest absolute Gasteiger partial charge is 0.389 e. The maximum absolute atomic E-state index is 12.3. The number of hydrogen-bond acceptors (Lipinski definition) is 2. The van der Waals surface area contributed by atoms with Crippen LogP contribution in [0.15, 0.2) is 24.3 Å².